The summed E-state index contributed by atoms with van der Waals surface area (Å²) < 4.78 is 5.45. The maximum absolute atomic E-state index is 13.1. The van der Waals surface area contributed by atoms with Crippen LogP contribution in [0.15, 0.2) is 54.7 Å². The summed E-state index contributed by atoms with van der Waals surface area (Å²) in [6.07, 6.45) is 2.26. The van der Waals surface area contributed by atoms with Crippen LogP contribution in [0, 0.1) is 6.92 Å². The number of pyridine rings is 1. The number of carboxylic acid groups (broad SMARTS) is 2. The molecule has 0 atom stereocenters. The second-order valence-corrected chi connectivity index (χ2v) is 7.40. The van der Waals surface area contributed by atoms with Gasteiger partial charge in [0, 0.05) is 17.1 Å². The summed E-state index contributed by atoms with van der Waals surface area (Å²) in [6, 6.07) is 12.9. The zero-order chi connectivity index (χ0) is 22.5. The number of carbonyl (C=O) groups is 3. The van der Waals surface area contributed by atoms with Crippen LogP contribution in [0.4, 0.5) is 0 Å². The molecule has 0 aliphatic heterocycles. The van der Waals surface area contributed by atoms with Gasteiger partial charge in [0.05, 0.1) is 16.8 Å². The smallest absolute Gasteiger partial charge is 0.344 e. The Labute approximate surface area is 186 Å². The Kier molecular flexibility index (Phi) is 6.81. The van der Waals surface area contributed by atoms with Crippen LogP contribution in [0.1, 0.15) is 42.2 Å². The molecule has 0 fully saturated rings. The van der Waals surface area contributed by atoms with Crippen molar-refractivity contribution in [2.24, 2.45) is 0 Å². The number of carboxylic acids is 2. The van der Waals surface area contributed by atoms with Crippen molar-refractivity contribution in [3.63, 3.8) is 0 Å². The van der Waals surface area contributed by atoms with Crippen molar-refractivity contribution in [1.29, 1.82) is 0 Å². The average molecular weight is 484 g/mol. The van der Waals surface area contributed by atoms with Crippen molar-refractivity contribution in [3.05, 3.63) is 82.5 Å². The largest absolute Gasteiger partial charge is 0.478 e. The predicted molar refractivity (Wildman–Crippen MR) is 117 cm³/mol. The first-order valence-corrected chi connectivity index (χ1v) is 10.4. The van der Waals surface area contributed by atoms with Crippen LogP contribution in [0.5, 0.6) is 5.75 Å². The van der Waals surface area contributed by atoms with Gasteiger partial charge in [0.2, 0.25) is 0 Å². The summed E-state index contributed by atoms with van der Waals surface area (Å²) in [5, 5.41) is 19.5. The number of aryl methyl sites for hydroxylation is 1. The molecule has 3 rings (SSSR count). The van der Waals surface area contributed by atoms with Crippen molar-refractivity contribution in [3.8, 4) is 17.0 Å². The molecule has 3 aromatic rings. The summed E-state index contributed by atoms with van der Waals surface area (Å²) in [6.45, 7) is 1.36. The number of halogens is 1. The topological polar surface area (TPSA) is 114 Å². The molecule has 0 aliphatic rings. The van der Waals surface area contributed by atoms with Gasteiger partial charge < -0.3 is 14.9 Å². The molecule has 1 heterocycles. The Morgan fingerprint density at radius 1 is 0.968 bits per heavy atom. The highest BCUT2D eigenvalue weighted by Gasteiger charge is 2.24. The van der Waals surface area contributed by atoms with Gasteiger partial charge in [0.1, 0.15) is 11.3 Å². The Hall–Kier alpha value is -3.52. The average Bonchev–Trinajstić information content (AvgIpc) is 2.74. The molecule has 0 saturated heterocycles. The van der Waals surface area contributed by atoms with E-state index in [0.29, 0.717) is 23.0 Å². The number of hydrogen-bond donors (Lipinski definition) is 2. The molecule has 158 valence electrons. The molecule has 0 amide bonds. The highest BCUT2D eigenvalue weighted by Crippen LogP contribution is 2.30. The molecular weight excluding hydrogens is 466 g/mol. The Balaban J connectivity index is 2.10. The van der Waals surface area contributed by atoms with Crippen LogP contribution in [0.25, 0.3) is 11.3 Å². The number of esters is 1. The fourth-order valence-corrected chi connectivity index (χ4v) is 3.74. The fraction of sp³-hybridized carbons (Fsp3) is 0.130. The van der Waals surface area contributed by atoms with Gasteiger partial charge in [0.15, 0.2) is 0 Å². The third-order valence-corrected chi connectivity index (χ3v) is 5.13. The highest BCUT2D eigenvalue weighted by molar-refractivity contribution is 9.09. The van der Waals surface area contributed by atoms with Crippen LogP contribution >= 0.6 is 15.9 Å². The van der Waals surface area contributed by atoms with Gasteiger partial charge in [-0.25, -0.2) is 14.4 Å². The molecular formula is C23H18BrNO6. The van der Waals surface area contributed by atoms with E-state index in [2.05, 4.69) is 20.9 Å². The Morgan fingerprint density at radius 2 is 1.74 bits per heavy atom. The second kappa shape index (κ2) is 9.53. The minimum Gasteiger partial charge on any atom is -0.478 e. The van der Waals surface area contributed by atoms with E-state index in [1.54, 1.807) is 36.5 Å². The number of hydrogen-bond acceptors (Lipinski definition) is 5. The molecule has 0 unspecified atom stereocenters. The molecule has 0 bridgehead atoms. The first kappa shape index (κ1) is 22.2. The molecule has 7 nitrogen and oxygen atoms in total. The van der Waals surface area contributed by atoms with Gasteiger partial charge in [-0.3, -0.25) is 4.98 Å². The lowest BCUT2D eigenvalue weighted by molar-refractivity contribution is 0.0680. The monoisotopic (exact) mass is 483 g/mol. The zero-order valence-corrected chi connectivity index (χ0v) is 18.0. The standard InChI is InChI=1S/C23H18BrNO6/c1-13-15(21(26)27)8-9-18(19(13)22(28)29)31-23(30)16-6-4-5-14(10-11-24)20(16)17-7-2-3-12-25-17/h2-9,12H,10-11H2,1H3,(H,26,27)(H,28,29). The van der Waals surface area contributed by atoms with Crippen molar-refractivity contribution in [1.82, 2.24) is 4.98 Å². The summed E-state index contributed by atoms with van der Waals surface area (Å²) in [7, 11) is 0. The van der Waals surface area contributed by atoms with Crippen molar-refractivity contribution >= 4 is 33.8 Å². The summed E-state index contributed by atoms with van der Waals surface area (Å²) in [5.41, 5.74) is 1.75. The highest BCUT2D eigenvalue weighted by atomic mass is 79.9. The Bertz CT molecular complexity index is 1160. The lowest BCUT2D eigenvalue weighted by Gasteiger charge is -2.15. The maximum atomic E-state index is 13.1. The second-order valence-electron chi connectivity index (χ2n) is 6.60. The van der Waals surface area contributed by atoms with E-state index in [1.165, 1.54) is 19.1 Å². The third-order valence-electron chi connectivity index (χ3n) is 4.73. The van der Waals surface area contributed by atoms with E-state index in [0.717, 1.165) is 5.56 Å². The summed E-state index contributed by atoms with van der Waals surface area (Å²) in [4.78, 5) is 40.6. The first-order valence-electron chi connectivity index (χ1n) is 9.26. The lowest BCUT2D eigenvalue weighted by Crippen LogP contribution is -2.16. The number of aromatic carboxylic acids is 2. The summed E-state index contributed by atoms with van der Waals surface area (Å²) in [5.74, 6) is -3.64. The lowest BCUT2D eigenvalue weighted by atomic mass is 9.96. The number of carbonyl (C=O) groups excluding carboxylic acids is 1. The van der Waals surface area contributed by atoms with Gasteiger partial charge in [-0.15, -0.1) is 0 Å². The maximum Gasteiger partial charge on any atom is 0.344 e. The molecule has 0 aliphatic carbocycles. The fourth-order valence-electron chi connectivity index (χ4n) is 3.32. The molecule has 1 aromatic heterocycles. The van der Waals surface area contributed by atoms with Crippen LogP contribution in [-0.2, 0) is 6.42 Å². The summed E-state index contributed by atoms with van der Waals surface area (Å²) >= 11 is 3.41. The molecule has 0 saturated carbocycles. The van der Waals surface area contributed by atoms with Gasteiger partial charge in [0.25, 0.3) is 0 Å². The van der Waals surface area contributed by atoms with Gasteiger partial charge >= 0.3 is 17.9 Å². The van der Waals surface area contributed by atoms with Crippen molar-refractivity contribution in [2.45, 2.75) is 13.3 Å². The number of alkyl halides is 1. The predicted octanol–water partition coefficient (Wildman–Crippen LogP) is 4.61. The van der Waals surface area contributed by atoms with E-state index in [9.17, 15) is 24.6 Å². The normalized spacial score (nSPS) is 10.5. The molecule has 2 N–H and O–H groups in total. The molecule has 31 heavy (non-hydrogen) atoms. The number of aromatic nitrogens is 1. The van der Waals surface area contributed by atoms with E-state index < -0.39 is 17.9 Å². The Morgan fingerprint density at radius 3 is 2.35 bits per heavy atom. The number of rotatable bonds is 7. The van der Waals surface area contributed by atoms with E-state index >= 15 is 0 Å². The molecule has 0 spiro atoms. The quantitative estimate of drug-likeness (QED) is 0.286. The van der Waals surface area contributed by atoms with Crippen LogP contribution in [0.2, 0.25) is 0 Å². The number of ether oxygens (including phenoxy) is 1. The number of benzene rings is 2. The van der Waals surface area contributed by atoms with Crippen LogP contribution in [0.3, 0.4) is 0 Å². The van der Waals surface area contributed by atoms with Crippen LogP contribution < -0.4 is 4.74 Å². The molecule has 2 aromatic carbocycles. The van der Waals surface area contributed by atoms with Crippen molar-refractivity contribution < 1.29 is 29.3 Å². The van der Waals surface area contributed by atoms with E-state index in [4.69, 9.17) is 4.74 Å². The zero-order valence-electron chi connectivity index (χ0n) is 16.5. The van der Waals surface area contributed by atoms with E-state index in [1.807, 2.05) is 6.07 Å². The van der Waals surface area contributed by atoms with Crippen molar-refractivity contribution in [2.75, 3.05) is 5.33 Å². The van der Waals surface area contributed by atoms with Gasteiger partial charge in [-0.2, -0.15) is 0 Å². The minimum atomic E-state index is -1.39. The van der Waals surface area contributed by atoms with Gasteiger partial charge in [-0.1, -0.05) is 34.1 Å². The number of nitrogens with zero attached hydrogens (tertiary/aromatic N) is 1. The third kappa shape index (κ3) is 4.64. The minimum absolute atomic E-state index is 0.00305. The molecule has 0 radical (unpaired) electrons. The van der Waals surface area contributed by atoms with Crippen LogP contribution in [-0.4, -0.2) is 38.4 Å². The van der Waals surface area contributed by atoms with Gasteiger partial charge in [-0.05, 0) is 54.8 Å². The van der Waals surface area contributed by atoms with E-state index in [-0.39, 0.29) is 28.0 Å². The molecule has 8 heteroatoms. The SMILES string of the molecule is Cc1c(C(=O)O)ccc(OC(=O)c2cccc(CCBr)c2-c2ccccn2)c1C(=O)O. The first-order chi connectivity index (χ1) is 14.8.